The lowest BCUT2D eigenvalue weighted by molar-refractivity contribution is -0.115. The molecule has 5 rings (SSSR count). The average Bonchev–Trinajstić information content (AvgIpc) is 2.82. The van der Waals surface area contributed by atoms with Gasteiger partial charge in [-0.05, 0) is 42.2 Å². The van der Waals surface area contributed by atoms with Crippen LogP contribution in [0, 0.1) is 5.92 Å². The maximum atomic E-state index is 13.1. The molecule has 2 aliphatic rings. The first-order chi connectivity index (χ1) is 15.6. The Bertz CT molecular complexity index is 1210. The summed E-state index contributed by atoms with van der Waals surface area (Å²) in [5.74, 6) is 0.0752. The second-order valence-electron chi connectivity index (χ2n) is 8.55. The highest BCUT2D eigenvalue weighted by Crippen LogP contribution is 2.36. The van der Waals surface area contributed by atoms with Gasteiger partial charge in [-0.2, -0.15) is 0 Å². The molecule has 7 heteroatoms. The lowest BCUT2D eigenvalue weighted by Gasteiger charge is -2.42. The van der Waals surface area contributed by atoms with Crippen LogP contribution in [-0.4, -0.2) is 39.4 Å². The van der Waals surface area contributed by atoms with Crippen molar-refractivity contribution in [2.24, 2.45) is 5.92 Å². The fourth-order valence-corrected chi connectivity index (χ4v) is 4.85. The smallest absolute Gasteiger partial charge is 0.274 e. The molecule has 1 saturated heterocycles. The van der Waals surface area contributed by atoms with Gasteiger partial charge in [0.25, 0.3) is 11.5 Å². The van der Waals surface area contributed by atoms with Crippen LogP contribution in [0.15, 0.2) is 71.8 Å². The number of fused-ring (bicyclic) bond motifs is 4. The minimum atomic E-state index is -0.210. The summed E-state index contributed by atoms with van der Waals surface area (Å²) in [4.78, 5) is 44.4. The van der Waals surface area contributed by atoms with Crippen molar-refractivity contribution in [2.45, 2.75) is 25.3 Å². The summed E-state index contributed by atoms with van der Waals surface area (Å²) in [6, 6.07) is 16.6. The van der Waals surface area contributed by atoms with Crippen LogP contribution in [0.25, 0.3) is 0 Å². The number of pyridine rings is 2. The van der Waals surface area contributed by atoms with Gasteiger partial charge in [-0.1, -0.05) is 30.3 Å². The molecule has 3 aromatic rings. The normalized spacial score (nSPS) is 19.2. The van der Waals surface area contributed by atoms with Crippen molar-refractivity contribution in [1.29, 1.82) is 0 Å². The molecule has 2 amide bonds. The van der Waals surface area contributed by atoms with Crippen molar-refractivity contribution in [3.63, 3.8) is 0 Å². The van der Waals surface area contributed by atoms with Gasteiger partial charge in [0.15, 0.2) is 0 Å². The summed E-state index contributed by atoms with van der Waals surface area (Å²) < 4.78 is 1.78. The van der Waals surface area contributed by atoms with E-state index in [0.717, 1.165) is 17.7 Å². The minimum absolute atomic E-state index is 0.0200. The van der Waals surface area contributed by atoms with Crippen LogP contribution in [0.4, 0.5) is 5.69 Å². The topological polar surface area (TPSA) is 84.3 Å². The third kappa shape index (κ3) is 3.93. The molecule has 0 saturated carbocycles. The molecule has 2 atom stereocenters. The Morgan fingerprint density at radius 1 is 1.00 bits per heavy atom. The number of carbonyl (C=O) groups is 2. The van der Waals surface area contributed by atoms with E-state index in [1.807, 2.05) is 41.3 Å². The summed E-state index contributed by atoms with van der Waals surface area (Å²) in [7, 11) is 0. The number of nitrogens with zero attached hydrogens (tertiary/aromatic N) is 3. The van der Waals surface area contributed by atoms with Gasteiger partial charge in [-0.15, -0.1) is 0 Å². The van der Waals surface area contributed by atoms with Gasteiger partial charge in [-0.25, -0.2) is 0 Å². The Morgan fingerprint density at radius 2 is 1.84 bits per heavy atom. The highest BCUT2D eigenvalue weighted by atomic mass is 16.2. The molecule has 2 bridgehead atoms. The van der Waals surface area contributed by atoms with Crippen molar-refractivity contribution in [3.05, 3.63) is 94.2 Å². The molecule has 7 nitrogen and oxygen atoms in total. The Labute approximate surface area is 185 Å². The van der Waals surface area contributed by atoms with Gasteiger partial charge in [0.2, 0.25) is 5.91 Å². The van der Waals surface area contributed by atoms with Crippen molar-refractivity contribution in [1.82, 2.24) is 14.5 Å². The standard InChI is InChI=1S/C25H24N4O3/c30-23(12-17-5-2-1-3-6-17)27-21-8-9-22-20-11-18(15-29(22)25(21)32)14-28(16-20)24(31)19-7-4-10-26-13-19/h1-10,13,18,20H,11-12,14-16H2,(H,27,30). The molecule has 0 aliphatic carbocycles. The number of amides is 2. The van der Waals surface area contributed by atoms with E-state index in [4.69, 9.17) is 0 Å². The van der Waals surface area contributed by atoms with Crippen LogP contribution in [0.2, 0.25) is 0 Å². The monoisotopic (exact) mass is 428 g/mol. The van der Waals surface area contributed by atoms with Gasteiger partial charge in [-0.3, -0.25) is 19.4 Å². The zero-order chi connectivity index (χ0) is 22.1. The highest BCUT2D eigenvalue weighted by Gasteiger charge is 2.37. The summed E-state index contributed by atoms with van der Waals surface area (Å²) in [5.41, 5.74) is 2.54. The number of hydrogen-bond donors (Lipinski definition) is 1. The van der Waals surface area contributed by atoms with Gasteiger partial charge in [0, 0.05) is 43.6 Å². The molecular weight excluding hydrogens is 404 g/mol. The molecule has 1 fully saturated rings. The summed E-state index contributed by atoms with van der Waals surface area (Å²) in [6.07, 6.45) is 4.42. The van der Waals surface area contributed by atoms with E-state index in [0.29, 0.717) is 30.9 Å². The second-order valence-corrected chi connectivity index (χ2v) is 8.55. The van der Waals surface area contributed by atoms with Crippen LogP contribution < -0.4 is 10.9 Å². The Hall–Kier alpha value is -3.74. The predicted octanol–water partition coefficient (Wildman–Crippen LogP) is 2.68. The van der Waals surface area contributed by atoms with E-state index in [2.05, 4.69) is 10.3 Å². The number of carbonyl (C=O) groups excluding carboxylic acids is 2. The van der Waals surface area contributed by atoms with Crippen molar-refractivity contribution in [3.8, 4) is 0 Å². The molecule has 4 heterocycles. The number of piperidine rings is 1. The molecule has 2 aromatic heterocycles. The van der Waals surface area contributed by atoms with E-state index in [-0.39, 0.29) is 35.6 Å². The van der Waals surface area contributed by atoms with Gasteiger partial charge in [0.1, 0.15) is 5.69 Å². The predicted molar refractivity (Wildman–Crippen MR) is 120 cm³/mol. The molecular formula is C25H24N4O3. The van der Waals surface area contributed by atoms with E-state index in [9.17, 15) is 14.4 Å². The fraction of sp³-hybridized carbons (Fsp3) is 0.280. The Balaban J connectivity index is 1.34. The maximum Gasteiger partial charge on any atom is 0.274 e. The molecule has 2 aliphatic heterocycles. The van der Waals surface area contributed by atoms with Gasteiger partial charge in [0.05, 0.1) is 12.0 Å². The number of aromatic nitrogens is 2. The van der Waals surface area contributed by atoms with E-state index in [1.165, 1.54) is 0 Å². The lowest BCUT2D eigenvalue weighted by atomic mass is 9.83. The van der Waals surface area contributed by atoms with E-state index >= 15 is 0 Å². The molecule has 0 radical (unpaired) electrons. The first kappa shape index (κ1) is 20.2. The SMILES string of the molecule is O=C(Cc1ccccc1)Nc1ccc2n(c1=O)CC1CC2CN(C(=O)c2cccnc2)C1. The Kier molecular flexibility index (Phi) is 5.31. The first-order valence-electron chi connectivity index (χ1n) is 10.9. The number of anilines is 1. The number of likely N-dealkylation sites (tertiary alicyclic amines) is 1. The number of benzene rings is 1. The summed E-state index contributed by atoms with van der Waals surface area (Å²) >= 11 is 0. The molecule has 1 N–H and O–H groups in total. The van der Waals surface area contributed by atoms with Crippen LogP contribution >= 0.6 is 0 Å². The van der Waals surface area contributed by atoms with E-state index < -0.39 is 0 Å². The lowest BCUT2D eigenvalue weighted by Crippen LogP contribution is -2.49. The third-order valence-corrected chi connectivity index (χ3v) is 6.28. The quantitative estimate of drug-likeness (QED) is 0.693. The number of nitrogens with one attached hydrogen (secondary N) is 1. The average molecular weight is 428 g/mol. The van der Waals surface area contributed by atoms with Crippen LogP contribution in [0.5, 0.6) is 0 Å². The zero-order valence-corrected chi connectivity index (χ0v) is 17.6. The Morgan fingerprint density at radius 3 is 2.62 bits per heavy atom. The van der Waals surface area contributed by atoms with Crippen LogP contribution in [0.3, 0.4) is 0 Å². The zero-order valence-electron chi connectivity index (χ0n) is 17.6. The van der Waals surface area contributed by atoms with Crippen molar-refractivity contribution in [2.75, 3.05) is 18.4 Å². The fourth-order valence-electron chi connectivity index (χ4n) is 4.85. The molecule has 0 spiro atoms. The van der Waals surface area contributed by atoms with Gasteiger partial charge < -0.3 is 14.8 Å². The first-order valence-corrected chi connectivity index (χ1v) is 10.9. The number of hydrogen-bond acceptors (Lipinski definition) is 4. The third-order valence-electron chi connectivity index (χ3n) is 6.28. The van der Waals surface area contributed by atoms with Crippen molar-refractivity contribution >= 4 is 17.5 Å². The maximum absolute atomic E-state index is 13.1. The minimum Gasteiger partial charge on any atom is -0.338 e. The van der Waals surface area contributed by atoms with Crippen LogP contribution in [0.1, 0.15) is 34.0 Å². The summed E-state index contributed by atoms with van der Waals surface area (Å²) in [6.45, 7) is 1.73. The van der Waals surface area contributed by atoms with E-state index in [1.54, 1.807) is 35.2 Å². The highest BCUT2D eigenvalue weighted by molar-refractivity contribution is 5.94. The second kappa shape index (κ2) is 8.42. The number of rotatable bonds is 4. The van der Waals surface area contributed by atoms with Crippen molar-refractivity contribution < 1.29 is 9.59 Å². The van der Waals surface area contributed by atoms with Gasteiger partial charge >= 0.3 is 0 Å². The molecule has 1 aromatic carbocycles. The molecule has 2 unspecified atom stereocenters. The van der Waals surface area contributed by atoms with Crippen LogP contribution in [-0.2, 0) is 17.8 Å². The molecule has 32 heavy (non-hydrogen) atoms. The largest absolute Gasteiger partial charge is 0.338 e. The molecule has 162 valence electrons. The summed E-state index contributed by atoms with van der Waals surface area (Å²) in [5, 5.41) is 2.78.